The Bertz CT molecular complexity index is 407. The van der Waals surface area contributed by atoms with Gasteiger partial charge in [-0.05, 0) is 57.0 Å². The minimum Gasteiger partial charge on any atom is -0.374 e. The summed E-state index contributed by atoms with van der Waals surface area (Å²) in [5, 5.41) is 3.43. The van der Waals surface area contributed by atoms with Crippen LogP contribution in [0.3, 0.4) is 0 Å². The standard InChI is InChI=1S/C18H30N2/c1-15-10-16(2)12-17(11-15)20(4)14-18(13-19-3)8-6-5-7-9-18/h10-12,19H,5-9,13-14H2,1-4H3. The molecule has 2 rings (SSSR count). The van der Waals surface area contributed by atoms with Crippen LogP contribution in [0.5, 0.6) is 0 Å². The molecule has 0 spiro atoms. The summed E-state index contributed by atoms with van der Waals surface area (Å²) in [4.78, 5) is 2.46. The molecule has 2 heteroatoms. The van der Waals surface area contributed by atoms with Crippen LogP contribution in [0.15, 0.2) is 18.2 Å². The van der Waals surface area contributed by atoms with Crippen LogP contribution in [0.1, 0.15) is 43.2 Å². The fraction of sp³-hybridized carbons (Fsp3) is 0.667. The molecule has 0 heterocycles. The number of hydrogen-bond acceptors (Lipinski definition) is 2. The van der Waals surface area contributed by atoms with Crippen LogP contribution in [-0.4, -0.2) is 27.2 Å². The zero-order valence-corrected chi connectivity index (χ0v) is 13.6. The summed E-state index contributed by atoms with van der Waals surface area (Å²) in [6.07, 6.45) is 6.93. The van der Waals surface area contributed by atoms with Gasteiger partial charge in [-0.15, -0.1) is 0 Å². The summed E-state index contributed by atoms with van der Waals surface area (Å²) in [5.74, 6) is 0. The maximum Gasteiger partial charge on any atom is 0.0369 e. The van der Waals surface area contributed by atoms with Crippen molar-refractivity contribution < 1.29 is 0 Å². The quantitative estimate of drug-likeness (QED) is 0.876. The van der Waals surface area contributed by atoms with Crippen molar-refractivity contribution in [2.24, 2.45) is 5.41 Å². The molecule has 112 valence electrons. The average molecular weight is 274 g/mol. The van der Waals surface area contributed by atoms with Gasteiger partial charge in [-0.1, -0.05) is 25.3 Å². The first-order valence-electron chi connectivity index (χ1n) is 7.99. The topological polar surface area (TPSA) is 15.3 Å². The van der Waals surface area contributed by atoms with Gasteiger partial charge in [-0.2, -0.15) is 0 Å². The monoisotopic (exact) mass is 274 g/mol. The summed E-state index contributed by atoms with van der Waals surface area (Å²) in [6, 6.07) is 6.87. The van der Waals surface area contributed by atoms with Gasteiger partial charge in [0.05, 0.1) is 0 Å². The van der Waals surface area contributed by atoms with E-state index in [9.17, 15) is 0 Å². The molecule has 0 bridgehead atoms. The SMILES string of the molecule is CNCC1(CN(C)c2cc(C)cc(C)c2)CCCCC1. The van der Waals surface area contributed by atoms with Crippen molar-refractivity contribution in [1.82, 2.24) is 5.32 Å². The number of rotatable bonds is 5. The molecule has 0 saturated heterocycles. The van der Waals surface area contributed by atoms with E-state index in [-0.39, 0.29) is 0 Å². The number of anilines is 1. The maximum atomic E-state index is 3.43. The zero-order chi connectivity index (χ0) is 14.6. The van der Waals surface area contributed by atoms with E-state index in [1.165, 1.54) is 48.9 Å². The van der Waals surface area contributed by atoms with E-state index >= 15 is 0 Å². The molecule has 0 radical (unpaired) electrons. The second-order valence-electron chi connectivity index (χ2n) is 6.79. The predicted octanol–water partition coefficient (Wildman–Crippen LogP) is 3.91. The lowest BCUT2D eigenvalue weighted by Gasteiger charge is -2.41. The number of hydrogen-bond donors (Lipinski definition) is 1. The molecular formula is C18H30N2. The van der Waals surface area contributed by atoms with Gasteiger partial charge in [0.2, 0.25) is 0 Å². The molecule has 1 aliphatic rings. The van der Waals surface area contributed by atoms with E-state index in [0.29, 0.717) is 5.41 Å². The molecule has 2 nitrogen and oxygen atoms in total. The van der Waals surface area contributed by atoms with Gasteiger partial charge in [-0.3, -0.25) is 0 Å². The highest BCUT2D eigenvalue weighted by Crippen LogP contribution is 2.37. The molecule has 1 aromatic carbocycles. The second-order valence-corrected chi connectivity index (χ2v) is 6.79. The minimum absolute atomic E-state index is 0.458. The zero-order valence-electron chi connectivity index (χ0n) is 13.6. The molecule has 20 heavy (non-hydrogen) atoms. The van der Waals surface area contributed by atoms with Crippen LogP contribution in [0.4, 0.5) is 5.69 Å². The van der Waals surface area contributed by atoms with E-state index in [0.717, 1.165) is 13.1 Å². The van der Waals surface area contributed by atoms with E-state index in [2.05, 4.69) is 56.4 Å². The van der Waals surface area contributed by atoms with Gasteiger partial charge >= 0.3 is 0 Å². The molecule has 1 fully saturated rings. The average Bonchev–Trinajstić information content (AvgIpc) is 2.38. The van der Waals surface area contributed by atoms with Crippen LogP contribution in [0, 0.1) is 19.3 Å². The first-order chi connectivity index (χ1) is 9.54. The third-order valence-electron chi connectivity index (χ3n) is 4.69. The first kappa shape index (κ1) is 15.4. The Morgan fingerprint density at radius 2 is 1.65 bits per heavy atom. The van der Waals surface area contributed by atoms with Gasteiger partial charge in [0.25, 0.3) is 0 Å². The molecule has 1 N–H and O–H groups in total. The van der Waals surface area contributed by atoms with E-state index < -0.39 is 0 Å². The highest BCUT2D eigenvalue weighted by Gasteiger charge is 2.32. The van der Waals surface area contributed by atoms with Gasteiger partial charge in [0.1, 0.15) is 0 Å². The number of nitrogens with one attached hydrogen (secondary N) is 1. The Hall–Kier alpha value is -1.02. The fourth-order valence-electron chi connectivity index (χ4n) is 3.83. The Kier molecular flexibility index (Phi) is 5.09. The Labute approximate surface area is 124 Å². The predicted molar refractivity (Wildman–Crippen MR) is 88.6 cm³/mol. The number of aryl methyl sites for hydroxylation is 2. The molecule has 0 aromatic heterocycles. The van der Waals surface area contributed by atoms with E-state index in [1.807, 2.05) is 0 Å². The highest BCUT2D eigenvalue weighted by molar-refractivity contribution is 5.50. The van der Waals surface area contributed by atoms with Crippen LogP contribution in [0.2, 0.25) is 0 Å². The summed E-state index contributed by atoms with van der Waals surface area (Å²) >= 11 is 0. The van der Waals surface area contributed by atoms with Crippen molar-refractivity contribution in [2.45, 2.75) is 46.0 Å². The van der Waals surface area contributed by atoms with Crippen molar-refractivity contribution >= 4 is 5.69 Å². The molecule has 1 aliphatic carbocycles. The summed E-state index contributed by atoms with van der Waals surface area (Å²) < 4.78 is 0. The molecule has 0 amide bonds. The van der Waals surface area contributed by atoms with Crippen molar-refractivity contribution in [3.05, 3.63) is 29.3 Å². The molecule has 1 aromatic rings. The van der Waals surface area contributed by atoms with Crippen LogP contribution >= 0.6 is 0 Å². The summed E-state index contributed by atoms with van der Waals surface area (Å²) in [5.41, 5.74) is 4.54. The van der Waals surface area contributed by atoms with Gasteiger partial charge < -0.3 is 10.2 Å². The molecule has 1 saturated carbocycles. The van der Waals surface area contributed by atoms with Crippen LogP contribution in [0.25, 0.3) is 0 Å². The molecule has 0 atom stereocenters. The van der Waals surface area contributed by atoms with Gasteiger partial charge in [0.15, 0.2) is 0 Å². The summed E-state index contributed by atoms with van der Waals surface area (Å²) in [7, 11) is 4.34. The Balaban J connectivity index is 2.13. The highest BCUT2D eigenvalue weighted by atomic mass is 15.1. The second kappa shape index (κ2) is 6.62. The van der Waals surface area contributed by atoms with E-state index in [4.69, 9.17) is 0 Å². The van der Waals surface area contributed by atoms with Crippen molar-refractivity contribution in [1.29, 1.82) is 0 Å². The lowest BCUT2D eigenvalue weighted by molar-refractivity contribution is 0.193. The third kappa shape index (κ3) is 3.76. The first-order valence-corrected chi connectivity index (χ1v) is 7.99. The maximum absolute atomic E-state index is 3.43. The van der Waals surface area contributed by atoms with Gasteiger partial charge in [-0.25, -0.2) is 0 Å². The lowest BCUT2D eigenvalue weighted by atomic mass is 9.73. The molecule has 0 aliphatic heterocycles. The Morgan fingerprint density at radius 1 is 1.05 bits per heavy atom. The number of benzene rings is 1. The van der Waals surface area contributed by atoms with Crippen LogP contribution in [-0.2, 0) is 0 Å². The lowest BCUT2D eigenvalue weighted by Crippen LogP contribution is -2.43. The van der Waals surface area contributed by atoms with Crippen molar-refractivity contribution in [3.63, 3.8) is 0 Å². The fourth-order valence-corrected chi connectivity index (χ4v) is 3.83. The largest absolute Gasteiger partial charge is 0.374 e. The minimum atomic E-state index is 0.458. The van der Waals surface area contributed by atoms with E-state index in [1.54, 1.807) is 0 Å². The van der Waals surface area contributed by atoms with Crippen molar-refractivity contribution in [3.8, 4) is 0 Å². The molecular weight excluding hydrogens is 244 g/mol. The molecule has 0 unspecified atom stereocenters. The Morgan fingerprint density at radius 3 is 2.20 bits per heavy atom. The third-order valence-corrected chi connectivity index (χ3v) is 4.69. The van der Waals surface area contributed by atoms with Gasteiger partial charge in [0, 0.05) is 31.2 Å². The number of nitrogens with zero attached hydrogens (tertiary/aromatic N) is 1. The smallest absolute Gasteiger partial charge is 0.0369 e. The van der Waals surface area contributed by atoms with Crippen molar-refractivity contribution in [2.75, 3.05) is 32.1 Å². The summed E-state index contributed by atoms with van der Waals surface area (Å²) in [6.45, 7) is 6.68. The normalized spacial score (nSPS) is 18.0. The van der Waals surface area contributed by atoms with Crippen LogP contribution < -0.4 is 10.2 Å².